The van der Waals surface area contributed by atoms with E-state index in [1.807, 2.05) is 24.3 Å². The molecule has 3 aromatic rings. The van der Waals surface area contributed by atoms with Gasteiger partial charge >= 0.3 is 0 Å². The fourth-order valence-electron chi connectivity index (χ4n) is 3.04. The molecule has 0 radical (unpaired) electrons. The van der Waals surface area contributed by atoms with Crippen LogP contribution in [0.2, 0.25) is 10.0 Å². The van der Waals surface area contributed by atoms with Crippen LogP contribution in [0.5, 0.6) is 0 Å². The topological polar surface area (TPSA) is 73.8 Å². The van der Waals surface area contributed by atoms with Gasteiger partial charge in [0.1, 0.15) is 0 Å². The maximum Gasteiger partial charge on any atom is 0.271 e. The lowest BCUT2D eigenvalue weighted by Gasteiger charge is -2.20. The first-order chi connectivity index (χ1) is 14.5. The molecule has 2 N–H and O–H groups in total. The second-order valence-corrected chi connectivity index (χ2v) is 7.45. The Morgan fingerprint density at radius 2 is 1.37 bits per heavy atom. The maximum atomic E-state index is 12.6. The highest BCUT2D eigenvalue weighted by molar-refractivity contribution is 6.31. The lowest BCUT2D eigenvalue weighted by atomic mass is 10.1. The molecule has 1 aliphatic rings. The SMILES string of the molecule is O=C(N/N=C1\c2ccccc2CN1NC(=O)c1ccc(Cl)cc1)c1ccc(Cl)cc1. The molecule has 4 rings (SSSR count). The lowest BCUT2D eigenvalue weighted by molar-refractivity contribution is 0.0869. The fraction of sp³-hybridized carbons (Fsp3) is 0.0455. The number of carbonyl (C=O) groups excluding carboxylic acids is 2. The maximum absolute atomic E-state index is 12.6. The van der Waals surface area contributed by atoms with Gasteiger partial charge in [0.2, 0.25) is 0 Å². The standard InChI is InChI=1S/C22H16Cl2N4O2/c23-17-9-5-14(6-10-17)21(29)26-25-20-19-4-2-1-3-16(19)13-28(20)27-22(30)15-7-11-18(24)12-8-15/h1-12H,13H2,(H,26,29)(H,27,30)/b25-20+. The Labute approximate surface area is 183 Å². The van der Waals surface area contributed by atoms with Gasteiger partial charge in [-0.1, -0.05) is 47.5 Å². The van der Waals surface area contributed by atoms with Gasteiger partial charge in [-0.05, 0) is 54.1 Å². The van der Waals surface area contributed by atoms with Crippen LogP contribution in [-0.4, -0.2) is 22.7 Å². The van der Waals surface area contributed by atoms with Crippen molar-refractivity contribution in [2.24, 2.45) is 5.10 Å². The molecule has 0 saturated carbocycles. The molecule has 0 unspecified atom stereocenters. The molecule has 0 aliphatic carbocycles. The Morgan fingerprint density at radius 1 is 0.800 bits per heavy atom. The van der Waals surface area contributed by atoms with Gasteiger partial charge in [0.25, 0.3) is 11.8 Å². The zero-order chi connectivity index (χ0) is 21.1. The minimum absolute atomic E-state index is 0.309. The van der Waals surface area contributed by atoms with Gasteiger partial charge in [-0.3, -0.25) is 20.0 Å². The molecule has 2 amide bonds. The molecule has 3 aromatic carbocycles. The highest BCUT2D eigenvalue weighted by Gasteiger charge is 2.27. The molecule has 0 saturated heterocycles. The number of hydrogen-bond donors (Lipinski definition) is 2. The van der Waals surface area contributed by atoms with Crippen LogP contribution in [-0.2, 0) is 6.54 Å². The Balaban J connectivity index is 1.56. The number of nitrogens with one attached hydrogen (secondary N) is 2. The molecule has 6 nitrogen and oxygen atoms in total. The van der Waals surface area contributed by atoms with Crippen molar-refractivity contribution >= 4 is 40.9 Å². The van der Waals surface area contributed by atoms with E-state index in [1.165, 1.54) is 0 Å². The summed E-state index contributed by atoms with van der Waals surface area (Å²) in [5.41, 5.74) is 8.07. The van der Waals surface area contributed by atoms with E-state index in [1.54, 1.807) is 53.5 Å². The molecule has 150 valence electrons. The van der Waals surface area contributed by atoms with E-state index in [2.05, 4.69) is 16.0 Å². The first-order valence-electron chi connectivity index (χ1n) is 9.07. The van der Waals surface area contributed by atoms with Crippen LogP contribution in [0.25, 0.3) is 0 Å². The van der Waals surface area contributed by atoms with Crippen molar-refractivity contribution in [3.8, 4) is 0 Å². The average Bonchev–Trinajstić information content (AvgIpc) is 3.10. The summed E-state index contributed by atoms with van der Waals surface area (Å²) in [5.74, 6) is -0.251. The van der Waals surface area contributed by atoms with E-state index >= 15 is 0 Å². The molecule has 0 aromatic heterocycles. The Morgan fingerprint density at radius 3 is 2.00 bits per heavy atom. The first-order valence-corrected chi connectivity index (χ1v) is 9.83. The van der Waals surface area contributed by atoms with E-state index < -0.39 is 0 Å². The predicted molar refractivity (Wildman–Crippen MR) is 116 cm³/mol. The van der Waals surface area contributed by atoms with Gasteiger partial charge in [-0.25, -0.2) is 5.43 Å². The van der Waals surface area contributed by atoms with Gasteiger partial charge in [0.15, 0.2) is 5.84 Å². The third kappa shape index (κ3) is 4.30. The van der Waals surface area contributed by atoms with E-state index in [0.717, 1.165) is 11.1 Å². The first kappa shape index (κ1) is 19.9. The van der Waals surface area contributed by atoms with Gasteiger partial charge in [0, 0.05) is 26.7 Å². The minimum Gasteiger partial charge on any atom is -0.267 e. The summed E-state index contributed by atoms with van der Waals surface area (Å²) in [7, 11) is 0. The third-order valence-corrected chi connectivity index (χ3v) is 5.06. The summed E-state index contributed by atoms with van der Waals surface area (Å²) in [6, 6.07) is 20.7. The number of hydrazine groups is 1. The molecular weight excluding hydrogens is 423 g/mol. The quantitative estimate of drug-likeness (QED) is 0.598. The number of amides is 2. The Kier molecular flexibility index (Phi) is 5.70. The molecule has 1 heterocycles. The molecule has 0 atom stereocenters. The summed E-state index contributed by atoms with van der Waals surface area (Å²) in [6.45, 7) is 0.422. The van der Waals surface area contributed by atoms with E-state index in [-0.39, 0.29) is 11.8 Å². The monoisotopic (exact) mass is 438 g/mol. The minimum atomic E-state index is -0.382. The van der Waals surface area contributed by atoms with Crippen LogP contribution in [0, 0.1) is 0 Å². The lowest BCUT2D eigenvalue weighted by Crippen LogP contribution is -2.43. The number of hydrazone groups is 1. The van der Waals surface area contributed by atoms with Crippen LogP contribution in [0.3, 0.4) is 0 Å². The van der Waals surface area contributed by atoms with E-state index in [4.69, 9.17) is 23.2 Å². The largest absolute Gasteiger partial charge is 0.271 e. The van der Waals surface area contributed by atoms with Crippen LogP contribution >= 0.6 is 23.2 Å². The van der Waals surface area contributed by atoms with Gasteiger partial charge in [-0.2, -0.15) is 5.10 Å². The van der Waals surface area contributed by atoms with Gasteiger partial charge in [-0.15, -0.1) is 0 Å². The summed E-state index contributed by atoms with van der Waals surface area (Å²) in [6.07, 6.45) is 0. The number of benzene rings is 3. The van der Waals surface area contributed by atoms with Crippen LogP contribution < -0.4 is 10.9 Å². The summed E-state index contributed by atoms with van der Waals surface area (Å²) >= 11 is 11.8. The van der Waals surface area contributed by atoms with Gasteiger partial charge < -0.3 is 0 Å². The van der Waals surface area contributed by atoms with Crippen LogP contribution in [0.15, 0.2) is 77.9 Å². The van der Waals surface area contributed by atoms with E-state index in [9.17, 15) is 9.59 Å². The number of amidine groups is 1. The van der Waals surface area contributed by atoms with Crippen molar-refractivity contribution in [3.63, 3.8) is 0 Å². The number of nitrogens with zero attached hydrogens (tertiary/aromatic N) is 2. The number of halogens is 2. The van der Waals surface area contributed by atoms with Crippen LogP contribution in [0.4, 0.5) is 0 Å². The predicted octanol–water partition coefficient (Wildman–Crippen LogP) is 4.25. The zero-order valence-corrected chi connectivity index (χ0v) is 17.1. The molecule has 8 heteroatoms. The smallest absolute Gasteiger partial charge is 0.267 e. The number of fused-ring (bicyclic) bond motifs is 1. The Bertz CT molecular complexity index is 1130. The van der Waals surface area contributed by atoms with Crippen molar-refractivity contribution in [3.05, 3.63) is 105 Å². The highest BCUT2D eigenvalue weighted by atomic mass is 35.5. The zero-order valence-electron chi connectivity index (χ0n) is 15.6. The normalized spacial score (nSPS) is 13.8. The summed E-state index contributed by atoms with van der Waals surface area (Å²) in [4.78, 5) is 25.1. The second-order valence-electron chi connectivity index (χ2n) is 6.57. The molecular formula is C22H16Cl2N4O2. The van der Waals surface area contributed by atoms with Crippen LogP contribution in [0.1, 0.15) is 31.8 Å². The number of rotatable bonds is 4. The summed E-state index contributed by atoms with van der Waals surface area (Å²) in [5, 5.41) is 6.97. The average molecular weight is 439 g/mol. The number of hydrogen-bond acceptors (Lipinski definition) is 3. The molecule has 0 fully saturated rings. The van der Waals surface area contributed by atoms with Crippen molar-refractivity contribution in [1.82, 2.24) is 15.9 Å². The molecule has 0 spiro atoms. The van der Waals surface area contributed by atoms with E-state index in [0.29, 0.717) is 33.6 Å². The molecule has 30 heavy (non-hydrogen) atoms. The van der Waals surface area contributed by atoms with Crippen molar-refractivity contribution in [2.45, 2.75) is 6.54 Å². The fourth-order valence-corrected chi connectivity index (χ4v) is 3.29. The highest BCUT2D eigenvalue weighted by Crippen LogP contribution is 2.22. The van der Waals surface area contributed by atoms with Gasteiger partial charge in [0.05, 0.1) is 6.54 Å². The van der Waals surface area contributed by atoms with Crippen molar-refractivity contribution < 1.29 is 9.59 Å². The summed E-state index contributed by atoms with van der Waals surface area (Å²) < 4.78 is 0. The second kappa shape index (κ2) is 8.57. The van der Waals surface area contributed by atoms with Crippen molar-refractivity contribution in [2.75, 3.05) is 0 Å². The molecule has 1 aliphatic heterocycles. The number of carbonyl (C=O) groups is 2. The molecule has 0 bridgehead atoms. The van der Waals surface area contributed by atoms with Crippen molar-refractivity contribution in [1.29, 1.82) is 0 Å². The third-order valence-electron chi connectivity index (χ3n) is 4.56. The Hall–Kier alpha value is -3.35.